The molecule has 4 unspecified atom stereocenters. The molecule has 88 valence electrons. The summed E-state index contributed by atoms with van der Waals surface area (Å²) in [5.74, 6) is 2.47. The molecule has 0 radical (unpaired) electrons. The molecule has 15 heavy (non-hydrogen) atoms. The van der Waals surface area contributed by atoms with Crippen LogP contribution in [0.25, 0.3) is 0 Å². The van der Waals surface area contributed by atoms with E-state index in [1.165, 1.54) is 19.3 Å². The second kappa shape index (κ2) is 4.96. The minimum atomic E-state index is -0.574. The van der Waals surface area contributed by atoms with E-state index in [0.717, 1.165) is 30.6 Å². The molecule has 0 bridgehead atoms. The second-order valence-electron chi connectivity index (χ2n) is 5.35. The van der Waals surface area contributed by atoms with Crippen LogP contribution < -0.4 is 5.32 Å². The Morgan fingerprint density at radius 1 is 1.33 bits per heavy atom. The number of nitrogens with one attached hydrogen (secondary N) is 1. The molecule has 0 aromatic heterocycles. The molecule has 0 aromatic carbocycles. The third-order valence-electron chi connectivity index (χ3n) is 4.04. The van der Waals surface area contributed by atoms with Gasteiger partial charge >= 0.3 is 0 Å². The van der Waals surface area contributed by atoms with Gasteiger partial charge in [-0.05, 0) is 44.1 Å². The molecule has 1 saturated heterocycles. The molecular formula is C12H23NOS. The quantitative estimate of drug-likeness (QED) is 0.744. The fourth-order valence-corrected chi connectivity index (χ4v) is 4.74. The number of rotatable bonds is 1. The zero-order valence-electron chi connectivity index (χ0n) is 9.87. The number of hydrogen-bond donors (Lipinski definition) is 1. The summed E-state index contributed by atoms with van der Waals surface area (Å²) in [5.41, 5.74) is 0. The molecule has 1 saturated carbocycles. The van der Waals surface area contributed by atoms with E-state index >= 15 is 0 Å². The van der Waals surface area contributed by atoms with Gasteiger partial charge in [-0.2, -0.15) is 0 Å². The van der Waals surface area contributed by atoms with Gasteiger partial charge in [0.2, 0.25) is 0 Å². The van der Waals surface area contributed by atoms with Crippen molar-refractivity contribution >= 4 is 10.8 Å². The lowest BCUT2D eigenvalue weighted by molar-refractivity contribution is 0.246. The van der Waals surface area contributed by atoms with E-state index < -0.39 is 10.8 Å². The first-order valence-electron chi connectivity index (χ1n) is 6.29. The lowest BCUT2D eigenvalue weighted by atomic mass is 9.79. The first kappa shape index (κ1) is 11.6. The highest BCUT2D eigenvalue weighted by Crippen LogP contribution is 2.33. The first-order chi connectivity index (χ1) is 7.18. The van der Waals surface area contributed by atoms with Gasteiger partial charge in [-0.15, -0.1) is 0 Å². The highest BCUT2D eigenvalue weighted by atomic mass is 32.2. The minimum Gasteiger partial charge on any atom is -0.313 e. The van der Waals surface area contributed by atoms with Gasteiger partial charge in [0.25, 0.3) is 0 Å². The SMILES string of the molecule is CC(C)C1CCC2NCCCS(=O)C2C1. The number of fused-ring (bicyclic) bond motifs is 1. The standard InChI is InChI=1S/C12H23NOS/c1-9(2)10-4-5-11-12(8-10)15(14)7-3-6-13-11/h9-13H,3-8H2,1-2H3. The Kier molecular flexibility index (Phi) is 3.83. The number of hydrogen-bond acceptors (Lipinski definition) is 2. The second-order valence-corrected chi connectivity index (χ2v) is 7.13. The maximum absolute atomic E-state index is 12.1. The Hall–Kier alpha value is 0.110. The Bertz CT molecular complexity index is 242. The van der Waals surface area contributed by atoms with Crippen molar-refractivity contribution < 1.29 is 4.21 Å². The zero-order chi connectivity index (χ0) is 10.8. The fraction of sp³-hybridized carbons (Fsp3) is 1.00. The maximum Gasteiger partial charge on any atom is 0.0503 e. The van der Waals surface area contributed by atoms with Crippen LogP contribution >= 0.6 is 0 Å². The third kappa shape index (κ3) is 2.62. The zero-order valence-corrected chi connectivity index (χ0v) is 10.7. The van der Waals surface area contributed by atoms with Crippen molar-refractivity contribution in [2.75, 3.05) is 12.3 Å². The van der Waals surface area contributed by atoms with Crippen LogP contribution in [0.3, 0.4) is 0 Å². The van der Waals surface area contributed by atoms with Crippen LogP contribution in [-0.4, -0.2) is 27.8 Å². The molecule has 2 nitrogen and oxygen atoms in total. The summed E-state index contributed by atoms with van der Waals surface area (Å²) in [5, 5.41) is 4.02. The highest BCUT2D eigenvalue weighted by molar-refractivity contribution is 7.85. The molecule has 1 aliphatic heterocycles. The Balaban J connectivity index is 2.04. The highest BCUT2D eigenvalue weighted by Gasteiger charge is 2.35. The van der Waals surface area contributed by atoms with E-state index in [9.17, 15) is 4.21 Å². The van der Waals surface area contributed by atoms with Gasteiger partial charge < -0.3 is 5.32 Å². The predicted molar refractivity (Wildman–Crippen MR) is 65.4 cm³/mol. The molecule has 3 heteroatoms. The largest absolute Gasteiger partial charge is 0.313 e. The first-order valence-corrected chi connectivity index (χ1v) is 7.67. The summed E-state index contributed by atoms with van der Waals surface area (Å²) in [6, 6.07) is 0.545. The van der Waals surface area contributed by atoms with E-state index in [0.29, 0.717) is 11.3 Å². The van der Waals surface area contributed by atoms with Crippen molar-refractivity contribution in [1.29, 1.82) is 0 Å². The smallest absolute Gasteiger partial charge is 0.0503 e. The van der Waals surface area contributed by atoms with Gasteiger partial charge in [0.05, 0.1) is 5.25 Å². The van der Waals surface area contributed by atoms with Crippen molar-refractivity contribution in [2.24, 2.45) is 11.8 Å². The van der Waals surface area contributed by atoms with Gasteiger partial charge in [0, 0.05) is 22.6 Å². The van der Waals surface area contributed by atoms with E-state index in [4.69, 9.17) is 0 Å². The van der Waals surface area contributed by atoms with Gasteiger partial charge in [-0.1, -0.05) is 13.8 Å². The molecule has 1 heterocycles. The van der Waals surface area contributed by atoms with E-state index in [-0.39, 0.29) is 0 Å². The lowest BCUT2D eigenvalue weighted by Gasteiger charge is -2.36. The Labute approximate surface area is 95.7 Å². The van der Waals surface area contributed by atoms with Crippen molar-refractivity contribution in [3.8, 4) is 0 Å². The molecule has 4 atom stereocenters. The van der Waals surface area contributed by atoms with E-state index in [1.807, 2.05) is 0 Å². The van der Waals surface area contributed by atoms with Gasteiger partial charge in [0.1, 0.15) is 0 Å². The van der Waals surface area contributed by atoms with E-state index in [2.05, 4.69) is 19.2 Å². The Morgan fingerprint density at radius 2 is 2.13 bits per heavy atom. The predicted octanol–water partition coefficient (Wildman–Crippen LogP) is 1.92. The molecule has 2 rings (SSSR count). The van der Waals surface area contributed by atoms with Crippen molar-refractivity contribution in [2.45, 2.75) is 50.8 Å². The van der Waals surface area contributed by atoms with Crippen molar-refractivity contribution in [3.63, 3.8) is 0 Å². The average Bonchev–Trinajstić information content (AvgIpc) is 2.40. The maximum atomic E-state index is 12.1. The van der Waals surface area contributed by atoms with E-state index in [1.54, 1.807) is 0 Å². The summed E-state index contributed by atoms with van der Waals surface area (Å²) in [6.07, 6.45) is 4.83. The van der Waals surface area contributed by atoms with Crippen LogP contribution in [0.15, 0.2) is 0 Å². The van der Waals surface area contributed by atoms with Crippen LogP contribution in [0.2, 0.25) is 0 Å². The lowest BCUT2D eigenvalue weighted by Crippen LogP contribution is -2.45. The molecule has 1 aliphatic carbocycles. The van der Waals surface area contributed by atoms with Crippen LogP contribution in [-0.2, 0) is 10.8 Å². The minimum absolute atomic E-state index is 0.439. The van der Waals surface area contributed by atoms with Crippen LogP contribution in [0.4, 0.5) is 0 Å². The van der Waals surface area contributed by atoms with Crippen LogP contribution in [0.1, 0.15) is 39.5 Å². The van der Waals surface area contributed by atoms with Gasteiger partial charge in [-0.25, -0.2) is 0 Å². The Morgan fingerprint density at radius 3 is 2.87 bits per heavy atom. The van der Waals surface area contributed by atoms with Gasteiger partial charge in [0.15, 0.2) is 0 Å². The molecule has 0 aromatic rings. The molecule has 0 spiro atoms. The van der Waals surface area contributed by atoms with Crippen LogP contribution in [0.5, 0.6) is 0 Å². The topological polar surface area (TPSA) is 29.1 Å². The normalized spacial score (nSPS) is 42.3. The fourth-order valence-electron chi connectivity index (χ4n) is 2.94. The van der Waals surface area contributed by atoms with Crippen molar-refractivity contribution in [3.05, 3.63) is 0 Å². The molecule has 0 amide bonds. The summed E-state index contributed by atoms with van der Waals surface area (Å²) < 4.78 is 12.1. The summed E-state index contributed by atoms with van der Waals surface area (Å²) in [4.78, 5) is 0. The molecule has 2 aliphatic rings. The third-order valence-corrected chi connectivity index (χ3v) is 5.93. The summed E-state index contributed by atoms with van der Waals surface area (Å²) in [6.45, 7) is 5.68. The average molecular weight is 229 g/mol. The summed E-state index contributed by atoms with van der Waals surface area (Å²) >= 11 is 0. The molecule has 1 N–H and O–H groups in total. The molecular weight excluding hydrogens is 206 g/mol. The summed E-state index contributed by atoms with van der Waals surface area (Å²) in [7, 11) is -0.574. The van der Waals surface area contributed by atoms with Crippen molar-refractivity contribution in [1.82, 2.24) is 5.32 Å². The molecule has 2 fully saturated rings. The van der Waals surface area contributed by atoms with Gasteiger partial charge in [-0.3, -0.25) is 4.21 Å². The monoisotopic (exact) mass is 229 g/mol. The van der Waals surface area contributed by atoms with Crippen LogP contribution in [0, 0.1) is 11.8 Å².